The van der Waals surface area contributed by atoms with Crippen LogP contribution in [0, 0.1) is 0 Å². The van der Waals surface area contributed by atoms with Crippen LogP contribution in [0.15, 0.2) is 54.7 Å². The van der Waals surface area contributed by atoms with Crippen molar-refractivity contribution in [1.29, 1.82) is 0 Å². The molecule has 1 aromatic heterocycles. The smallest absolute Gasteiger partial charge is 0.416 e. The molecule has 0 aliphatic carbocycles. The van der Waals surface area contributed by atoms with Gasteiger partial charge in [-0.05, 0) is 42.5 Å². The lowest BCUT2D eigenvalue weighted by Gasteiger charge is -2.36. The number of carbonyl (C=O) groups is 3. The first-order valence-electron chi connectivity index (χ1n) is 12.7. The molecule has 4 rings (SSSR count). The van der Waals surface area contributed by atoms with E-state index in [4.69, 9.17) is 21.1 Å². The van der Waals surface area contributed by atoms with Crippen LogP contribution in [0.3, 0.4) is 0 Å². The number of amides is 3. The average Bonchev–Trinajstić information content (AvgIpc) is 2.99. The summed E-state index contributed by atoms with van der Waals surface area (Å²) < 4.78 is 49.7. The Morgan fingerprint density at radius 1 is 0.929 bits per heavy atom. The highest BCUT2D eigenvalue weighted by Gasteiger charge is 2.31. The summed E-state index contributed by atoms with van der Waals surface area (Å²) in [5.74, 6) is -0.288. The second kappa shape index (κ2) is 13.0. The Morgan fingerprint density at radius 2 is 1.62 bits per heavy atom. The van der Waals surface area contributed by atoms with Gasteiger partial charge in [-0.2, -0.15) is 13.2 Å². The number of nitrogens with zero attached hydrogens (tertiary/aromatic N) is 3. The largest absolute Gasteiger partial charge is 0.493 e. The third-order valence-corrected chi connectivity index (χ3v) is 6.72. The van der Waals surface area contributed by atoms with Gasteiger partial charge in [-0.25, -0.2) is 4.98 Å². The Balaban J connectivity index is 1.36. The summed E-state index contributed by atoms with van der Waals surface area (Å²) in [5, 5.41) is 5.43. The summed E-state index contributed by atoms with van der Waals surface area (Å²) in [6, 6.07) is 10.2. The highest BCUT2D eigenvalue weighted by Crippen LogP contribution is 2.31. The molecule has 3 aromatic rings. The van der Waals surface area contributed by atoms with Gasteiger partial charge in [-0.15, -0.1) is 0 Å². The van der Waals surface area contributed by atoms with Gasteiger partial charge in [0.25, 0.3) is 11.8 Å². The Labute approximate surface area is 244 Å². The molecule has 2 aromatic carbocycles. The number of hydrogen-bond acceptors (Lipinski definition) is 7. The summed E-state index contributed by atoms with van der Waals surface area (Å²) in [4.78, 5) is 45.9. The maximum absolute atomic E-state index is 13.1. The summed E-state index contributed by atoms with van der Waals surface area (Å²) in [5.41, 5.74) is -0.604. The van der Waals surface area contributed by atoms with Crippen LogP contribution in [0.2, 0.25) is 5.02 Å². The first-order chi connectivity index (χ1) is 20.0. The number of alkyl halides is 3. The minimum atomic E-state index is -4.60. The summed E-state index contributed by atoms with van der Waals surface area (Å²) in [6.07, 6.45) is -3.21. The van der Waals surface area contributed by atoms with Crippen LogP contribution in [-0.2, 0) is 11.0 Å². The van der Waals surface area contributed by atoms with E-state index in [1.807, 2.05) is 4.90 Å². The van der Waals surface area contributed by atoms with Crippen molar-refractivity contribution in [3.63, 3.8) is 0 Å². The first kappa shape index (κ1) is 30.4. The quantitative estimate of drug-likeness (QED) is 0.397. The number of piperazine rings is 1. The van der Waals surface area contributed by atoms with Crippen molar-refractivity contribution in [1.82, 2.24) is 15.2 Å². The zero-order valence-corrected chi connectivity index (χ0v) is 23.4. The standard InChI is InChI=1S/C28H27ClF3N5O5/c1-41-22-7-6-18(13-23(22)42-2)26(39)34-16-24(38)36-8-10-37(11-9-36)25-21(14-20(29)15-33-25)35-27(40)17-4-3-5-19(12-17)28(30,31)32/h3-7,12-15H,8-11,16H2,1-2H3,(H,34,39)(H,35,40). The number of ether oxygens (including phenoxy) is 2. The van der Waals surface area contributed by atoms with Gasteiger partial charge in [-0.3, -0.25) is 14.4 Å². The maximum atomic E-state index is 13.1. The molecule has 0 spiro atoms. The van der Waals surface area contributed by atoms with Crippen molar-refractivity contribution in [3.05, 3.63) is 76.4 Å². The van der Waals surface area contributed by atoms with Crippen LogP contribution in [0.25, 0.3) is 0 Å². The number of nitrogens with one attached hydrogen (secondary N) is 2. The van der Waals surface area contributed by atoms with Crippen molar-refractivity contribution in [3.8, 4) is 11.5 Å². The van der Waals surface area contributed by atoms with E-state index in [0.29, 0.717) is 49.1 Å². The number of anilines is 2. The monoisotopic (exact) mass is 605 g/mol. The lowest BCUT2D eigenvalue weighted by Crippen LogP contribution is -2.51. The first-order valence-corrected chi connectivity index (χ1v) is 13.0. The van der Waals surface area contributed by atoms with Crippen molar-refractivity contribution in [2.75, 3.05) is 57.2 Å². The zero-order chi connectivity index (χ0) is 30.4. The van der Waals surface area contributed by atoms with Gasteiger partial charge in [0.1, 0.15) is 0 Å². The average molecular weight is 606 g/mol. The minimum Gasteiger partial charge on any atom is -0.493 e. The lowest BCUT2D eigenvalue weighted by molar-refractivity contribution is -0.137. The Hall–Kier alpha value is -4.52. The molecular formula is C28H27ClF3N5O5. The molecule has 3 amide bonds. The van der Waals surface area contributed by atoms with E-state index in [9.17, 15) is 27.6 Å². The van der Waals surface area contributed by atoms with E-state index in [-0.39, 0.29) is 28.7 Å². The summed E-state index contributed by atoms with van der Waals surface area (Å²) in [7, 11) is 2.94. The van der Waals surface area contributed by atoms with Crippen LogP contribution < -0.4 is 25.0 Å². The maximum Gasteiger partial charge on any atom is 0.416 e. The molecule has 1 aliphatic rings. The summed E-state index contributed by atoms with van der Waals surface area (Å²) >= 11 is 6.09. The number of halogens is 4. The Kier molecular flexibility index (Phi) is 9.41. The van der Waals surface area contributed by atoms with Crippen molar-refractivity contribution < 1.29 is 37.0 Å². The van der Waals surface area contributed by atoms with Crippen LogP contribution >= 0.6 is 11.6 Å². The lowest BCUT2D eigenvalue weighted by atomic mass is 10.1. The van der Waals surface area contributed by atoms with Crippen LogP contribution in [0.4, 0.5) is 24.7 Å². The molecule has 14 heteroatoms. The van der Waals surface area contributed by atoms with Crippen molar-refractivity contribution in [2.45, 2.75) is 6.18 Å². The molecule has 0 bridgehead atoms. The molecular weight excluding hydrogens is 579 g/mol. The molecule has 2 heterocycles. The predicted molar refractivity (Wildman–Crippen MR) is 149 cm³/mol. The Morgan fingerprint density at radius 3 is 2.29 bits per heavy atom. The SMILES string of the molecule is COc1ccc(C(=O)NCC(=O)N2CCN(c3ncc(Cl)cc3NC(=O)c3cccc(C(F)(F)F)c3)CC2)cc1OC. The van der Waals surface area contributed by atoms with Gasteiger partial charge >= 0.3 is 6.18 Å². The molecule has 1 aliphatic heterocycles. The topological polar surface area (TPSA) is 113 Å². The van der Waals surface area contributed by atoms with Gasteiger partial charge in [0.2, 0.25) is 5.91 Å². The molecule has 2 N–H and O–H groups in total. The van der Waals surface area contributed by atoms with Gasteiger partial charge in [0, 0.05) is 43.5 Å². The number of pyridine rings is 1. The third-order valence-electron chi connectivity index (χ3n) is 6.51. The van der Waals surface area contributed by atoms with Crippen molar-refractivity contribution in [2.24, 2.45) is 0 Å². The molecule has 222 valence electrons. The van der Waals surface area contributed by atoms with E-state index >= 15 is 0 Å². The summed E-state index contributed by atoms with van der Waals surface area (Å²) in [6.45, 7) is 1.07. The fourth-order valence-electron chi connectivity index (χ4n) is 4.32. The predicted octanol–water partition coefficient (Wildman–Crippen LogP) is 4.10. The molecule has 1 fully saturated rings. The van der Waals surface area contributed by atoms with E-state index in [1.165, 1.54) is 38.6 Å². The molecule has 0 unspecified atom stereocenters. The molecule has 0 atom stereocenters. The number of hydrogen-bond donors (Lipinski definition) is 2. The fraction of sp³-hybridized carbons (Fsp3) is 0.286. The number of rotatable bonds is 8. The normalized spacial score (nSPS) is 13.4. The van der Waals surface area contributed by atoms with Crippen LogP contribution in [0.5, 0.6) is 11.5 Å². The van der Waals surface area contributed by atoms with Gasteiger partial charge in [0.05, 0.1) is 37.0 Å². The fourth-order valence-corrected chi connectivity index (χ4v) is 4.48. The number of aromatic nitrogens is 1. The van der Waals surface area contributed by atoms with Crippen LogP contribution in [-0.4, -0.2) is 74.5 Å². The molecule has 10 nitrogen and oxygen atoms in total. The van der Waals surface area contributed by atoms with Gasteiger partial charge < -0.3 is 29.9 Å². The molecule has 0 saturated carbocycles. The Bertz CT molecular complexity index is 1480. The van der Waals surface area contributed by atoms with E-state index < -0.39 is 23.6 Å². The van der Waals surface area contributed by atoms with Crippen molar-refractivity contribution >= 4 is 40.8 Å². The van der Waals surface area contributed by atoms with Gasteiger partial charge in [-0.1, -0.05) is 17.7 Å². The second-order valence-corrected chi connectivity index (χ2v) is 9.61. The number of methoxy groups -OCH3 is 2. The molecule has 1 saturated heterocycles. The van der Waals surface area contributed by atoms with Crippen LogP contribution in [0.1, 0.15) is 26.3 Å². The third kappa shape index (κ3) is 7.21. The number of benzene rings is 2. The highest BCUT2D eigenvalue weighted by molar-refractivity contribution is 6.31. The van der Waals surface area contributed by atoms with Gasteiger partial charge in [0.15, 0.2) is 17.3 Å². The highest BCUT2D eigenvalue weighted by atomic mass is 35.5. The van der Waals surface area contributed by atoms with E-state index in [1.54, 1.807) is 17.0 Å². The van der Waals surface area contributed by atoms with E-state index in [2.05, 4.69) is 15.6 Å². The minimum absolute atomic E-state index is 0.179. The van der Waals surface area contributed by atoms with E-state index in [0.717, 1.165) is 18.2 Å². The number of carbonyl (C=O) groups excluding carboxylic acids is 3. The molecule has 0 radical (unpaired) electrons. The molecule has 42 heavy (non-hydrogen) atoms. The zero-order valence-electron chi connectivity index (χ0n) is 22.6. The second-order valence-electron chi connectivity index (χ2n) is 9.18.